The number of rotatable bonds is 6. The second kappa shape index (κ2) is 7.57. The fourth-order valence-electron chi connectivity index (χ4n) is 1.95. The quantitative estimate of drug-likeness (QED) is 0.632. The van der Waals surface area contributed by atoms with E-state index in [-0.39, 0.29) is 5.97 Å². The van der Waals surface area contributed by atoms with Crippen LogP contribution in [0.4, 0.5) is 0 Å². The van der Waals surface area contributed by atoms with Crippen LogP contribution in [0.25, 0.3) is 0 Å². The van der Waals surface area contributed by atoms with Crippen molar-refractivity contribution in [3.8, 4) is 5.75 Å². The molecule has 0 saturated carbocycles. The zero-order valence-electron chi connectivity index (χ0n) is 12.0. The van der Waals surface area contributed by atoms with Gasteiger partial charge in [-0.1, -0.05) is 30.3 Å². The molecule has 0 unspecified atom stereocenters. The molecule has 1 atom stereocenters. The third kappa shape index (κ3) is 4.41. The molecular formula is C17H19NO3. The van der Waals surface area contributed by atoms with Gasteiger partial charge in [0.1, 0.15) is 5.75 Å². The second-order valence-electron chi connectivity index (χ2n) is 4.73. The number of aliphatic hydroxyl groups excluding tert-OH is 1. The van der Waals surface area contributed by atoms with Gasteiger partial charge in [-0.25, -0.2) is 4.79 Å². The molecule has 0 spiro atoms. The summed E-state index contributed by atoms with van der Waals surface area (Å²) < 4.78 is 5.28. The third-order valence-electron chi connectivity index (χ3n) is 3.15. The first kappa shape index (κ1) is 15.2. The van der Waals surface area contributed by atoms with Gasteiger partial charge in [0.15, 0.2) is 0 Å². The molecule has 2 rings (SSSR count). The van der Waals surface area contributed by atoms with Crippen LogP contribution in [0.15, 0.2) is 54.6 Å². The number of benzene rings is 2. The summed E-state index contributed by atoms with van der Waals surface area (Å²) in [6.07, 6.45) is 0.121. The Bertz CT molecular complexity index is 566. The topological polar surface area (TPSA) is 58.6 Å². The Kier molecular flexibility index (Phi) is 5.49. The molecule has 0 fully saturated rings. The van der Waals surface area contributed by atoms with E-state index in [1.54, 1.807) is 48.5 Å². The minimum Gasteiger partial charge on any atom is -0.423 e. The van der Waals surface area contributed by atoms with Gasteiger partial charge in [-0.05, 0) is 49.8 Å². The molecule has 0 heterocycles. The van der Waals surface area contributed by atoms with Crippen molar-refractivity contribution in [3.63, 3.8) is 0 Å². The summed E-state index contributed by atoms with van der Waals surface area (Å²) in [6.45, 7) is 0.742. The lowest BCUT2D eigenvalue weighted by Gasteiger charge is -2.11. The number of carbonyl (C=O) groups excluding carboxylic acids is 1. The van der Waals surface area contributed by atoms with Crippen LogP contribution >= 0.6 is 0 Å². The molecule has 0 aliphatic carbocycles. The van der Waals surface area contributed by atoms with Gasteiger partial charge in [-0.3, -0.25) is 0 Å². The van der Waals surface area contributed by atoms with Crippen molar-refractivity contribution in [2.45, 2.75) is 12.5 Å². The van der Waals surface area contributed by atoms with Gasteiger partial charge in [-0.15, -0.1) is 0 Å². The fraction of sp³-hybridized carbons (Fsp3) is 0.235. The molecule has 2 aromatic carbocycles. The Morgan fingerprint density at radius 3 is 2.43 bits per heavy atom. The molecular weight excluding hydrogens is 266 g/mol. The van der Waals surface area contributed by atoms with E-state index >= 15 is 0 Å². The smallest absolute Gasteiger partial charge is 0.343 e. The lowest BCUT2D eigenvalue weighted by Crippen LogP contribution is -2.12. The number of esters is 1. The number of nitrogens with one attached hydrogen (secondary N) is 1. The maximum absolute atomic E-state index is 11.9. The van der Waals surface area contributed by atoms with Crippen molar-refractivity contribution in [3.05, 3.63) is 65.7 Å². The molecule has 4 heteroatoms. The van der Waals surface area contributed by atoms with E-state index in [0.717, 1.165) is 12.1 Å². The number of hydrogen-bond donors (Lipinski definition) is 2. The molecule has 0 aliphatic rings. The number of hydrogen-bond acceptors (Lipinski definition) is 4. The average molecular weight is 285 g/mol. The van der Waals surface area contributed by atoms with Gasteiger partial charge in [0.2, 0.25) is 0 Å². The monoisotopic (exact) mass is 285 g/mol. The van der Waals surface area contributed by atoms with E-state index in [1.165, 1.54) is 0 Å². The van der Waals surface area contributed by atoms with E-state index < -0.39 is 6.10 Å². The molecule has 110 valence electrons. The van der Waals surface area contributed by atoms with Crippen LogP contribution in [0, 0.1) is 0 Å². The highest BCUT2D eigenvalue weighted by atomic mass is 16.5. The van der Waals surface area contributed by atoms with Crippen LogP contribution in [-0.4, -0.2) is 24.7 Å². The molecule has 2 aromatic rings. The molecule has 4 nitrogen and oxygen atoms in total. The first-order valence-corrected chi connectivity index (χ1v) is 6.90. The Hall–Kier alpha value is -2.17. The van der Waals surface area contributed by atoms with Gasteiger partial charge in [0.25, 0.3) is 0 Å². The van der Waals surface area contributed by atoms with E-state index in [4.69, 9.17) is 4.74 Å². The highest BCUT2D eigenvalue weighted by Crippen LogP contribution is 2.20. The summed E-state index contributed by atoms with van der Waals surface area (Å²) in [7, 11) is 1.85. The third-order valence-corrected chi connectivity index (χ3v) is 3.15. The summed E-state index contributed by atoms with van der Waals surface area (Å²) in [5, 5.41) is 12.9. The molecule has 0 radical (unpaired) electrons. The Labute approximate surface area is 124 Å². The number of carbonyl (C=O) groups is 1. The minimum absolute atomic E-state index is 0.390. The number of aliphatic hydroxyl groups is 1. The van der Waals surface area contributed by atoms with E-state index in [9.17, 15) is 9.90 Å². The summed E-state index contributed by atoms with van der Waals surface area (Å²) in [5.41, 5.74) is 1.32. The molecule has 2 N–H and O–H groups in total. The zero-order valence-corrected chi connectivity index (χ0v) is 12.0. The van der Waals surface area contributed by atoms with E-state index in [1.807, 2.05) is 13.1 Å². The van der Waals surface area contributed by atoms with Crippen LogP contribution < -0.4 is 10.1 Å². The molecule has 21 heavy (non-hydrogen) atoms. The molecule has 0 aliphatic heterocycles. The van der Waals surface area contributed by atoms with Crippen LogP contribution in [0.2, 0.25) is 0 Å². The van der Waals surface area contributed by atoms with Crippen LogP contribution in [0.1, 0.15) is 28.4 Å². The van der Waals surface area contributed by atoms with Gasteiger partial charge in [0.05, 0.1) is 11.7 Å². The predicted octanol–water partition coefficient (Wildman–Crippen LogP) is 2.55. The van der Waals surface area contributed by atoms with Crippen molar-refractivity contribution in [1.82, 2.24) is 5.32 Å². The highest BCUT2D eigenvalue weighted by Gasteiger charge is 2.10. The fourth-order valence-corrected chi connectivity index (χ4v) is 1.95. The Morgan fingerprint density at radius 2 is 1.81 bits per heavy atom. The van der Waals surface area contributed by atoms with Gasteiger partial charge < -0.3 is 15.2 Å². The maximum Gasteiger partial charge on any atom is 0.343 e. The normalized spacial score (nSPS) is 11.9. The summed E-state index contributed by atoms with van der Waals surface area (Å²) in [5.74, 6) is 0.0764. The molecule has 0 amide bonds. The largest absolute Gasteiger partial charge is 0.423 e. The van der Waals surface area contributed by atoms with Gasteiger partial charge >= 0.3 is 5.97 Å². The Balaban J connectivity index is 1.98. The van der Waals surface area contributed by atoms with Crippen molar-refractivity contribution < 1.29 is 14.6 Å². The highest BCUT2D eigenvalue weighted by molar-refractivity contribution is 5.90. The minimum atomic E-state index is -0.517. The van der Waals surface area contributed by atoms with Crippen molar-refractivity contribution in [2.75, 3.05) is 13.6 Å². The molecule has 0 saturated heterocycles. The van der Waals surface area contributed by atoms with E-state index in [0.29, 0.717) is 17.7 Å². The first-order chi connectivity index (χ1) is 10.2. The lowest BCUT2D eigenvalue weighted by molar-refractivity contribution is 0.0734. The SMILES string of the molecule is CNCC[C@H](O)c1ccc(OC(=O)c2ccccc2)cc1. The molecule has 0 bridgehead atoms. The first-order valence-electron chi connectivity index (χ1n) is 6.90. The maximum atomic E-state index is 11.9. The number of ether oxygens (including phenoxy) is 1. The van der Waals surface area contributed by atoms with Crippen molar-refractivity contribution in [2.24, 2.45) is 0 Å². The van der Waals surface area contributed by atoms with Crippen molar-refractivity contribution >= 4 is 5.97 Å². The average Bonchev–Trinajstić information content (AvgIpc) is 2.54. The Morgan fingerprint density at radius 1 is 1.14 bits per heavy atom. The summed E-state index contributed by atoms with van der Waals surface area (Å²) in [4.78, 5) is 11.9. The standard InChI is InChI=1S/C17H19NO3/c1-18-12-11-16(19)13-7-9-15(10-8-13)21-17(20)14-5-3-2-4-6-14/h2-10,16,18-19H,11-12H2,1H3/t16-/m0/s1. The van der Waals surface area contributed by atoms with Gasteiger partial charge in [-0.2, -0.15) is 0 Å². The van der Waals surface area contributed by atoms with Gasteiger partial charge in [0, 0.05) is 0 Å². The van der Waals surface area contributed by atoms with Crippen LogP contribution in [0.3, 0.4) is 0 Å². The van der Waals surface area contributed by atoms with E-state index in [2.05, 4.69) is 5.32 Å². The van der Waals surface area contributed by atoms with Crippen LogP contribution in [0.5, 0.6) is 5.75 Å². The summed E-state index contributed by atoms with van der Waals surface area (Å²) in [6, 6.07) is 15.8. The van der Waals surface area contributed by atoms with Crippen LogP contribution in [-0.2, 0) is 0 Å². The lowest BCUT2D eigenvalue weighted by atomic mass is 10.1. The molecule has 0 aromatic heterocycles. The predicted molar refractivity (Wildman–Crippen MR) is 81.3 cm³/mol. The second-order valence-corrected chi connectivity index (χ2v) is 4.73. The summed E-state index contributed by atoms with van der Waals surface area (Å²) >= 11 is 0. The zero-order chi connectivity index (χ0) is 15.1. The van der Waals surface area contributed by atoms with Crippen molar-refractivity contribution in [1.29, 1.82) is 0 Å².